The average molecular weight is 511 g/mol. The molecule has 0 aliphatic rings. The Hall–Kier alpha value is -4.06. The average Bonchev–Trinajstić information content (AvgIpc) is 3.34. The summed E-state index contributed by atoms with van der Waals surface area (Å²) in [6.07, 6.45) is 3.69. The van der Waals surface area contributed by atoms with E-state index < -0.39 is 0 Å². The van der Waals surface area contributed by atoms with Gasteiger partial charge < -0.3 is 20.1 Å². The second-order valence-corrected chi connectivity index (χ2v) is 10.2. The molecule has 2 N–H and O–H groups in total. The molecular weight excluding hydrogens is 472 g/mol. The number of aryl methyl sites for hydroxylation is 1. The lowest BCUT2D eigenvalue weighted by molar-refractivity contribution is -0.132. The van der Waals surface area contributed by atoms with E-state index in [-0.39, 0.29) is 24.4 Å². The summed E-state index contributed by atoms with van der Waals surface area (Å²) in [5.41, 5.74) is 5.28. The first-order chi connectivity index (χ1) is 18.4. The molecule has 4 rings (SSSR count). The zero-order valence-electron chi connectivity index (χ0n) is 22.6. The van der Waals surface area contributed by atoms with Crippen LogP contribution in [0.1, 0.15) is 37.5 Å². The van der Waals surface area contributed by atoms with Crippen molar-refractivity contribution in [3.63, 3.8) is 0 Å². The van der Waals surface area contributed by atoms with Crippen LogP contribution in [0.15, 0.2) is 85.1 Å². The van der Waals surface area contributed by atoms with E-state index in [2.05, 4.69) is 43.2 Å². The van der Waals surface area contributed by atoms with E-state index in [9.17, 15) is 9.59 Å². The normalized spacial score (nSPS) is 11.1. The number of nitrogens with zero attached hydrogens (tertiary/aromatic N) is 2. The molecule has 0 radical (unpaired) electrons. The van der Waals surface area contributed by atoms with Crippen LogP contribution in [0.25, 0.3) is 10.9 Å². The number of H-pyrrole nitrogens is 1. The number of aromatic amines is 1. The Kier molecular flexibility index (Phi) is 9.20. The maximum Gasteiger partial charge on any atom is 0.322 e. The largest absolute Gasteiger partial charge is 0.361 e. The molecule has 1 aromatic heterocycles. The minimum atomic E-state index is -0.257. The van der Waals surface area contributed by atoms with Crippen LogP contribution in [0.2, 0.25) is 0 Å². The highest BCUT2D eigenvalue weighted by Crippen LogP contribution is 2.19. The molecule has 0 spiro atoms. The molecule has 0 fully saturated rings. The fourth-order valence-corrected chi connectivity index (χ4v) is 4.64. The molecule has 0 aliphatic heterocycles. The Morgan fingerprint density at radius 3 is 2.29 bits per heavy atom. The van der Waals surface area contributed by atoms with Gasteiger partial charge in [0.15, 0.2) is 0 Å². The Morgan fingerprint density at radius 1 is 0.868 bits per heavy atom. The molecule has 0 bridgehead atoms. The van der Waals surface area contributed by atoms with Crippen LogP contribution >= 0.6 is 0 Å². The van der Waals surface area contributed by atoms with Crippen molar-refractivity contribution < 1.29 is 9.59 Å². The lowest BCUT2D eigenvalue weighted by Gasteiger charge is -2.29. The quantitative estimate of drug-likeness (QED) is 0.242. The number of urea groups is 1. The lowest BCUT2D eigenvalue weighted by Crippen LogP contribution is -2.46. The van der Waals surface area contributed by atoms with Crippen LogP contribution in [-0.2, 0) is 24.2 Å². The van der Waals surface area contributed by atoms with Gasteiger partial charge in [0.1, 0.15) is 6.54 Å². The van der Waals surface area contributed by atoms with Crippen molar-refractivity contribution >= 4 is 28.5 Å². The summed E-state index contributed by atoms with van der Waals surface area (Å²) in [5, 5.41) is 4.15. The van der Waals surface area contributed by atoms with Crippen LogP contribution < -0.4 is 5.32 Å². The van der Waals surface area contributed by atoms with Crippen molar-refractivity contribution in [2.45, 2.75) is 40.2 Å². The molecule has 0 aliphatic carbocycles. The maximum absolute atomic E-state index is 13.7. The predicted octanol–water partition coefficient (Wildman–Crippen LogP) is 6.49. The van der Waals surface area contributed by atoms with E-state index in [1.54, 1.807) is 4.90 Å². The Morgan fingerprint density at radius 2 is 1.58 bits per heavy atom. The number of para-hydroxylation sites is 1. The van der Waals surface area contributed by atoms with Crippen molar-refractivity contribution in [1.29, 1.82) is 0 Å². The monoisotopic (exact) mass is 510 g/mol. The first kappa shape index (κ1) is 27.0. The highest BCUT2D eigenvalue weighted by molar-refractivity contribution is 5.92. The SMILES string of the molecule is CCc1ccc(NC(=O)N(CC(=O)N(CCc2c[nH]c3ccccc23)Cc2ccccc2)CC(C)C)cc1. The first-order valence-electron chi connectivity index (χ1n) is 13.4. The minimum absolute atomic E-state index is 0.0256. The van der Waals surface area contributed by atoms with Crippen LogP contribution in [-0.4, -0.2) is 46.4 Å². The summed E-state index contributed by atoms with van der Waals surface area (Å²) < 4.78 is 0. The van der Waals surface area contributed by atoms with E-state index in [1.165, 1.54) is 16.5 Å². The van der Waals surface area contributed by atoms with E-state index in [4.69, 9.17) is 0 Å². The van der Waals surface area contributed by atoms with Crippen LogP contribution in [0.5, 0.6) is 0 Å². The summed E-state index contributed by atoms with van der Waals surface area (Å²) in [7, 11) is 0. The zero-order chi connectivity index (χ0) is 26.9. The molecule has 0 saturated carbocycles. The summed E-state index contributed by atoms with van der Waals surface area (Å²) in [6.45, 7) is 7.79. The third kappa shape index (κ3) is 7.25. The number of aromatic nitrogens is 1. The summed E-state index contributed by atoms with van der Waals surface area (Å²) >= 11 is 0. The second kappa shape index (κ2) is 13.0. The maximum atomic E-state index is 13.7. The number of fused-ring (bicyclic) bond motifs is 1. The van der Waals surface area contributed by atoms with E-state index in [0.29, 0.717) is 19.6 Å². The molecule has 3 aromatic carbocycles. The molecule has 6 nitrogen and oxygen atoms in total. The van der Waals surface area contributed by atoms with Crippen molar-refractivity contribution in [3.8, 4) is 0 Å². The summed E-state index contributed by atoms with van der Waals surface area (Å²) in [6, 6.07) is 25.8. The number of carbonyl (C=O) groups excluding carboxylic acids is 2. The molecular formula is C32H38N4O2. The third-order valence-electron chi connectivity index (χ3n) is 6.71. The van der Waals surface area contributed by atoms with Gasteiger partial charge in [-0.3, -0.25) is 4.79 Å². The van der Waals surface area contributed by atoms with Crippen LogP contribution in [0.4, 0.5) is 10.5 Å². The van der Waals surface area contributed by atoms with Gasteiger partial charge in [-0.2, -0.15) is 0 Å². The number of amides is 3. The van der Waals surface area contributed by atoms with Gasteiger partial charge in [0, 0.05) is 42.4 Å². The van der Waals surface area contributed by atoms with Gasteiger partial charge in [0.25, 0.3) is 0 Å². The number of carbonyl (C=O) groups is 2. The topological polar surface area (TPSA) is 68.4 Å². The third-order valence-corrected chi connectivity index (χ3v) is 6.71. The van der Waals surface area contributed by atoms with E-state index in [0.717, 1.165) is 29.6 Å². The number of hydrogen-bond donors (Lipinski definition) is 2. The zero-order valence-corrected chi connectivity index (χ0v) is 22.6. The highest BCUT2D eigenvalue weighted by Gasteiger charge is 2.23. The summed E-state index contributed by atoms with van der Waals surface area (Å²) in [4.78, 5) is 33.8. The molecule has 4 aromatic rings. The summed E-state index contributed by atoms with van der Waals surface area (Å²) in [5.74, 6) is 0.163. The van der Waals surface area contributed by atoms with Gasteiger partial charge in [0.2, 0.25) is 5.91 Å². The number of nitrogens with one attached hydrogen (secondary N) is 2. The smallest absolute Gasteiger partial charge is 0.322 e. The van der Waals surface area contributed by atoms with Gasteiger partial charge in [-0.15, -0.1) is 0 Å². The van der Waals surface area contributed by atoms with Gasteiger partial charge in [-0.25, -0.2) is 4.79 Å². The van der Waals surface area contributed by atoms with Crippen LogP contribution in [0.3, 0.4) is 0 Å². The van der Waals surface area contributed by atoms with Gasteiger partial charge in [-0.05, 0) is 53.6 Å². The fourth-order valence-electron chi connectivity index (χ4n) is 4.64. The molecule has 0 unspecified atom stereocenters. The molecule has 0 atom stereocenters. The number of rotatable bonds is 11. The number of hydrogen-bond acceptors (Lipinski definition) is 2. The molecule has 6 heteroatoms. The van der Waals surface area contributed by atoms with Gasteiger partial charge >= 0.3 is 6.03 Å². The predicted molar refractivity (Wildman–Crippen MR) is 155 cm³/mol. The van der Waals surface area contributed by atoms with E-state index in [1.807, 2.05) is 77.8 Å². The molecule has 3 amide bonds. The minimum Gasteiger partial charge on any atom is -0.361 e. The van der Waals surface area contributed by atoms with Crippen LogP contribution in [0, 0.1) is 5.92 Å². The molecule has 0 saturated heterocycles. The first-order valence-corrected chi connectivity index (χ1v) is 13.4. The van der Waals surface area contributed by atoms with Gasteiger partial charge in [-0.1, -0.05) is 81.4 Å². The van der Waals surface area contributed by atoms with Gasteiger partial charge in [0.05, 0.1) is 0 Å². The molecule has 1 heterocycles. The van der Waals surface area contributed by atoms with Crippen molar-refractivity contribution in [2.75, 3.05) is 25.0 Å². The Bertz CT molecular complexity index is 1330. The highest BCUT2D eigenvalue weighted by atomic mass is 16.2. The van der Waals surface area contributed by atoms with Crippen molar-refractivity contribution in [2.24, 2.45) is 5.92 Å². The second-order valence-electron chi connectivity index (χ2n) is 10.2. The molecule has 198 valence electrons. The Labute approximate surface area is 225 Å². The molecule has 38 heavy (non-hydrogen) atoms. The Balaban J connectivity index is 1.49. The standard InChI is InChI=1S/C32H38N4O2/c1-4-25-14-16-28(17-15-25)34-32(38)36(21-24(2)3)23-31(37)35(22-26-10-6-5-7-11-26)19-18-27-20-33-30-13-9-8-12-29(27)30/h5-17,20,24,33H,4,18-19,21-23H2,1-3H3,(H,34,38). The van der Waals surface area contributed by atoms with E-state index >= 15 is 0 Å². The van der Waals surface area contributed by atoms with Crippen molar-refractivity contribution in [3.05, 3.63) is 102 Å². The number of benzene rings is 3. The number of anilines is 1. The lowest BCUT2D eigenvalue weighted by atomic mass is 10.1. The fraction of sp³-hybridized carbons (Fsp3) is 0.312. The van der Waals surface area contributed by atoms with Crippen molar-refractivity contribution in [1.82, 2.24) is 14.8 Å².